The highest BCUT2D eigenvalue weighted by Gasteiger charge is 2.41. The summed E-state index contributed by atoms with van der Waals surface area (Å²) in [6.45, 7) is 4.49. The fourth-order valence-corrected chi connectivity index (χ4v) is 6.04. The standard InChI is InChI=1S/C25H36N4O6S.ClH/c1-16(2)29-22-7-5-4-6-17(22)10-23(24(29)31)35-25(32)27-18-11-19-8-9-20(12-18)28(19)14-21(30)13-26-15-36(3,33)34;/h4-7,10,16,18-21,26,30H,8-9,11-15H2,1-3H3,(H,27,32);1H/t18-,19-,20+,21-;/m1./s1. The van der Waals surface area contributed by atoms with Crippen molar-refractivity contribution in [1.29, 1.82) is 0 Å². The maximum absolute atomic E-state index is 13.0. The number of pyridine rings is 1. The number of piperidine rings is 1. The average Bonchev–Trinajstić information content (AvgIpc) is 3.00. The number of benzene rings is 1. The van der Waals surface area contributed by atoms with Crippen LogP contribution < -0.4 is 20.9 Å². The average molecular weight is 557 g/mol. The minimum absolute atomic E-state index is 0. The van der Waals surface area contributed by atoms with E-state index in [1.54, 1.807) is 10.6 Å². The van der Waals surface area contributed by atoms with E-state index in [-0.39, 0.29) is 60.3 Å². The zero-order valence-corrected chi connectivity index (χ0v) is 23.1. The molecule has 0 aliphatic carbocycles. The molecule has 10 nitrogen and oxygen atoms in total. The summed E-state index contributed by atoms with van der Waals surface area (Å²) in [5, 5.41) is 16.9. The van der Waals surface area contributed by atoms with Crippen LogP contribution in [0.25, 0.3) is 10.9 Å². The lowest BCUT2D eigenvalue weighted by Crippen LogP contribution is -2.53. The number of amides is 1. The number of halogens is 1. The fraction of sp³-hybridized carbons (Fsp3) is 0.600. The highest BCUT2D eigenvalue weighted by molar-refractivity contribution is 7.90. The number of fused-ring (bicyclic) bond motifs is 3. The number of ether oxygens (including phenoxy) is 1. The van der Waals surface area contributed by atoms with Crippen molar-refractivity contribution in [1.82, 2.24) is 20.1 Å². The zero-order chi connectivity index (χ0) is 26.0. The van der Waals surface area contributed by atoms with E-state index in [0.29, 0.717) is 6.54 Å². The number of nitrogens with zero attached hydrogens (tertiary/aromatic N) is 2. The predicted molar refractivity (Wildman–Crippen MR) is 145 cm³/mol. The third-order valence-electron chi connectivity index (χ3n) is 7.00. The van der Waals surface area contributed by atoms with Gasteiger partial charge in [0.2, 0.25) is 0 Å². The largest absolute Gasteiger partial charge is 0.413 e. The number of rotatable bonds is 9. The number of carbonyl (C=O) groups excluding carboxylic acids is 1. The van der Waals surface area contributed by atoms with Gasteiger partial charge in [-0.15, -0.1) is 12.4 Å². The third-order valence-corrected chi connectivity index (χ3v) is 7.73. The van der Waals surface area contributed by atoms with Gasteiger partial charge in [0.05, 0.1) is 17.5 Å². The van der Waals surface area contributed by atoms with Crippen molar-refractivity contribution in [2.45, 2.75) is 69.8 Å². The molecule has 0 radical (unpaired) electrons. The van der Waals surface area contributed by atoms with Crippen molar-refractivity contribution < 1.29 is 23.1 Å². The number of aliphatic hydroxyl groups is 1. The lowest BCUT2D eigenvalue weighted by molar-refractivity contribution is 0.0530. The number of hydrogen-bond donors (Lipinski definition) is 3. The van der Waals surface area contributed by atoms with Crippen LogP contribution >= 0.6 is 12.4 Å². The Morgan fingerprint density at radius 3 is 2.46 bits per heavy atom. The van der Waals surface area contributed by atoms with Crippen LogP contribution in [0.3, 0.4) is 0 Å². The maximum atomic E-state index is 13.0. The van der Waals surface area contributed by atoms with Crippen LogP contribution in [0.1, 0.15) is 45.6 Å². The quantitative estimate of drug-likeness (QED) is 0.428. The molecule has 2 saturated heterocycles. The van der Waals surface area contributed by atoms with E-state index in [1.165, 1.54) is 0 Å². The molecule has 4 atom stereocenters. The molecule has 2 aliphatic rings. The van der Waals surface area contributed by atoms with Gasteiger partial charge >= 0.3 is 6.09 Å². The fourth-order valence-electron chi connectivity index (χ4n) is 5.55. The molecule has 0 spiro atoms. The van der Waals surface area contributed by atoms with Crippen LogP contribution in [0.2, 0.25) is 0 Å². The van der Waals surface area contributed by atoms with Crippen molar-refractivity contribution in [2.24, 2.45) is 0 Å². The molecule has 206 valence electrons. The summed E-state index contributed by atoms with van der Waals surface area (Å²) in [6.07, 6.45) is 3.23. The van der Waals surface area contributed by atoms with E-state index < -0.39 is 22.0 Å². The Labute approximate surface area is 223 Å². The second kappa shape index (κ2) is 12.1. The van der Waals surface area contributed by atoms with Gasteiger partial charge in [0.15, 0.2) is 15.6 Å². The Morgan fingerprint density at radius 1 is 1.19 bits per heavy atom. The molecule has 3 N–H and O–H groups in total. The first-order valence-corrected chi connectivity index (χ1v) is 14.5. The number of para-hydroxylation sites is 1. The van der Waals surface area contributed by atoms with Crippen LogP contribution in [0.15, 0.2) is 35.1 Å². The zero-order valence-electron chi connectivity index (χ0n) is 21.4. The van der Waals surface area contributed by atoms with E-state index in [0.717, 1.165) is 42.8 Å². The van der Waals surface area contributed by atoms with Gasteiger partial charge in [0.25, 0.3) is 5.56 Å². The minimum atomic E-state index is -3.13. The number of nitrogens with one attached hydrogen (secondary N) is 2. The molecule has 0 saturated carbocycles. The first-order valence-electron chi connectivity index (χ1n) is 12.5. The molecule has 3 heterocycles. The summed E-state index contributed by atoms with van der Waals surface area (Å²) in [6, 6.07) is 9.39. The second-order valence-electron chi connectivity index (χ2n) is 10.3. The van der Waals surface area contributed by atoms with Gasteiger partial charge < -0.3 is 25.0 Å². The lowest BCUT2D eigenvalue weighted by Gasteiger charge is -2.39. The van der Waals surface area contributed by atoms with E-state index in [1.807, 2.05) is 38.1 Å². The SMILES string of the molecule is CC(C)n1c(=O)c(OC(=O)N[C@@H]2C[C@H]3CC[C@@H](C2)N3C[C@H](O)CNCS(C)(=O)=O)cc2ccccc21.Cl. The maximum Gasteiger partial charge on any atom is 0.413 e. The summed E-state index contributed by atoms with van der Waals surface area (Å²) in [7, 11) is -3.13. The van der Waals surface area contributed by atoms with E-state index in [2.05, 4.69) is 15.5 Å². The smallest absolute Gasteiger partial charge is 0.404 e. The van der Waals surface area contributed by atoms with Gasteiger partial charge in [-0.2, -0.15) is 0 Å². The van der Waals surface area contributed by atoms with Crippen molar-refractivity contribution in [2.75, 3.05) is 25.2 Å². The summed E-state index contributed by atoms with van der Waals surface area (Å²) in [4.78, 5) is 28.0. The van der Waals surface area contributed by atoms with E-state index in [4.69, 9.17) is 4.74 Å². The first kappa shape index (κ1) is 29.4. The van der Waals surface area contributed by atoms with Crippen LogP contribution in [-0.4, -0.2) is 78.5 Å². The van der Waals surface area contributed by atoms with Gasteiger partial charge in [0, 0.05) is 48.9 Å². The monoisotopic (exact) mass is 556 g/mol. The minimum Gasteiger partial charge on any atom is -0.404 e. The van der Waals surface area contributed by atoms with Crippen molar-refractivity contribution >= 4 is 39.2 Å². The molecule has 12 heteroatoms. The molecule has 37 heavy (non-hydrogen) atoms. The van der Waals surface area contributed by atoms with Crippen LogP contribution in [0.5, 0.6) is 5.75 Å². The third kappa shape index (κ3) is 7.23. The second-order valence-corrected chi connectivity index (χ2v) is 12.4. The van der Waals surface area contributed by atoms with E-state index >= 15 is 0 Å². The van der Waals surface area contributed by atoms with E-state index in [9.17, 15) is 23.1 Å². The van der Waals surface area contributed by atoms with Gasteiger partial charge in [-0.05, 0) is 51.7 Å². The topological polar surface area (TPSA) is 130 Å². The number of hydrogen-bond acceptors (Lipinski definition) is 8. The van der Waals surface area contributed by atoms with Crippen molar-refractivity contribution in [3.63, 3.8) is 0 Å². The Kier molecular flexibility index (Phi) is 9.62. The highest BCUT2D eigenvalue weighted by Crippen LogP contribution is 2.35. The van der Waals surface area contributed by atoms with Gasteiger partial charge in [-0.25, -0.2) is 13.2 Å². The van der Waals surface area contributed by atoms with Crippen LogP contribution in [0, 0.1) is 0 Å². The number of aromatic nitrogens is 1. The lowest BCUT2D eigenvalue weighted by atomic mass is 9.97. The van der Waals surface area contributed by atoms with Gasteiger partial charge in [-0.3, -0.25) is 9.69 Å². The van der Waals surface area contributed by atoms with Gasteiger partial charge in [0.1, 0.15) is 0 Å². The molecular weight excluding hydrogens is 520 g/mol. The molecule has 2 aliphatic heterocycles. The van der Waals surface area contributed by atoms with Gasteiger partial charge in [-0.1, -0.05) is 18.2 Å². The highest BCUT2D eigenvalue weighted by atomic mass is 35.5. The molecule has 1 aromatic carbocycles. The summed E-state index contributed by atoms with van der Waals surface area (Å²) >= 11 is 0. The Balaban J connectivity index is 0.00000380. The number of carbonyl (C=O) groups is 1. The summed E-state index contributed by atoms with van der Waals surface area (Å²) in [5.41, 5.74) is 0.454. The molecule has 2 aromatic rings. The predicted octanol–water partition coefficient (Wildman–Crippen LogP) is 2.04. The Hall–Kier alpha value is -2.18. The Bertz CT molecular complexity index is 1250. The molecule has 1 aromatic heterocycles. The molecule has 4 rings (SSSR count). The summed E-state index contributed by atoms with van der Waals surface area (Å²) < 4.78 is 29.7. The number of aliphatic hydroxyl groups excluding tert-OH is 1. The van der Waals surface area contributed by atoms with Crippen LogP contribution in [0.4, 0.5) is 4.79 Å². The first-order chi connectivity index (χ1) is 17.0. The molecule has 2 bridgehead atoms. The van der Waals surface area contributed by atoms with Crippen LogP contribution in [-0.2, 0) is 9.84 Å². The summed E-state index contributed by atoms with van der Waals surface area (Å²) in [5.74, 6) is -0.158. The van der Waals surface area contributed by atoms with Crippen molar-refractivity contribution in [3.8, 4) is 5.75 Å². The molecular formula is C25H37ClN4O6S. The number of sulfone groups is 1. The van der Waals surface area contributed by atoms with Crippen molar-refractivity contribution in [3.05, 3.63) is 40.7 Å². The molecule has 1 amide bonds. The normalized spacial score (nSPS) is 22.6. The molecule has 0 unspecified atom stereocenters. The Morgan fingerprint density at radius 2 is 1.84 bits per heavy atom. The molecule has 2 fully saturated rings.